The Morgan fingerprint density at radius 3 is 1.83 bits per heavy atom. The van der Waals surface area contributed by atoms with E-state index in [4.69, 9.17) is 0 Å². The average Bonchev–Trinajstić information content (AvgIpc) is 3.02. The maximum absolute atomic E-state index is 2.45. The van der Waals surface area contributed by atoms with E-state index in [1.54, 1.807) is 0 Å². The summed E-state index contributed by atoms with van der Waals surface area (Å²) in [5.41, 5.74) is 11.2. The first kappa shape index (κ1) is 26.4. The largest absolute Gasteiger partial charge is 0.337 e. The van der Waals surface area contributed by atoms with Crippen LogP contribution in [-0.2, 0) is 6.54 Å². The Kier molecular flexibility index (Phi) is 7.82. The summed E-state index contributed by atoms with van der Waals surface area (Å²) >= 11 is 0. The van der Waals surface area contributed by atoms with Crippen LogP contribution in [0.1, 0.15) is 28.7 Å². The molecule has 41 heavy (non-hydrogen) atoms. The van der Waals surface area contributed by atoms with Gasteiger partial charge in [0.1, 0.15) is 0 Å². The van der Waals surface area contributed by atoms with Crippen LogP contribution in [0.25, 0.3) is 5.57 Å². The number of aryl methyl sites for hydroxylation is 2. The molecule has 2 heteroatoms. The zero-order valence-electron chi connectivity index (χ0n) is 23.8. The second kappa shape index (κ2) is 12.1. The molecule has 0 N–H and O–H groups in total. The topological polar surface area (TPSA) is 6.48 Å². The summed E-state index contributed by atoms with van der Waals surface area (Å²) < 4.78 is 0. The van der Waals surface area contributed by atoms with Gasteiger partial charge in [-0.05, 0) is 91.1 Å². The van der Waals surface area contributed by atoms with Crippen LogP contribution in [0.15, 0.2) is 152 Å². The predicted molar refractivity (Wildman–Crippen MR) is 175 cm³/mol. The highest BCUT2D eigenvalue weighted by atomic mass is 15.2. The quantitative estimate of drug-likeness (QED) is 0.196. The fourth-order valence-corrected chi connectivity index (χ4v) is 5.68. The predicted octanol–water partition coefficient (Wildman–Crippen LogP) is 10.2. The highest BCUT2D eigenvalue weighted by Gasteiger charge is 2.21. The van der Waals surface area contributed by atoms with Gasteiger partial charge in [0.05, 0.1) is 6.04 Å². The van der Waals surface area contributed by atoms with Crippen molar-refractivity contribution in [1.29, 1.82) is 0 Å². The van der Waals surface area contributed by atoms with E-state index in [2.05, 4.69) is 175 Å². The summed E-state index contributed by atoms with van der Waals surface area (Å²) in [5.74, 6) is 0. The average molecular weight is 533 g/mol. The molecule has 202 valence electrons. The third-order valence-electron chi connectivity index (χ3n) is 7.73. The molecular formula is C39H36N2. The molecule has 0 spiro atoms. The molecule has 0 aliphatic heterocycles. The minimum atomic E-state index is 0.255. The highest BCUT2D eigenvalue weighted by Crippen LogP contribution is 2.34. The number of para-hydroxylation sites is 2. The van der Waals surface area contributed by atoms with Gasteiger partial charge in [-0.15, -0.1) is 0 Å². The molecular weight excluding hydrogens is 496 g/mol. The highest BCUT2D eigenvalue weighted by molar-refractivity contribution is 5.78. The molecule has 5 aromatic carbocycles. The molecule has 1 atom stereocenters. The van der Waals surface area contributed by atoms with Crippen molar-refractivity contribution in [1.82, 2.24) is 0 Å². The SMILES string of the molecule is Cc1cccc(CN(c2ccccc2)c2ccc(C3=CCC(N(c4ccccc4)c4cccc(C)c4)C=C3)cc2)c1. The van der Waals surface area contributed by atoms with Gasteiger partial charge in [0.15, 0.2) is 0 Å². The van der Waals surface area contributed by atoms with Crippen molar-refractivity contribution in [2.75, 3.05) is 9.80 Å². The number of anilines is 4. The van der Waals surface area contributed by atoms with Gasteiger partial charge in [-0.25, -0.2) is 0 Å². The number of rotatable bonds is 8. The van der Waals surface area contributed by atoms with E-state index in [1.807, 2.05) is 0 Å². The smallest absolute Gasteiger partial charge is 0.0560 e. The fraction of sp³-hybridized carbons (Fsp3) is 0.128. The van der Waals surface area contributed by atoms with Crippen LogP contribution in [0.4, 0.5) is 22.7 Å². The molecule has 0 bridgehead atoms. The van der Waals surface area contributed by atoms with E-state index >= 15 is 0 Å². The van der Waals surface area contributed by atoms with Crippen molar-refractivity contribution >= 4 is 28.3 Å². The Labute approximate surface area is 244 Å². The van der Waals surface area contributed by atoms with Crippen LogP contribution in [0.2, 0.25) is 0 Å². The fourth-order valence-electron chi connectivity index (χ4n) is 5.68. The Morgan fingerprint density at radius 1 is 0.585 bits per heavy atom. The first-order valence-corrected chi connectivity index (χ1v) is 14.4. The summed E-state index contributed by atoms with van der Waals surface area (Å²) in [6, 6.07) is 48.2. The monoisotopic (exact) mass is 532 g/mol. The second-order valence-corrected chi connectivity index (χ2v) is 10.8. The normalized spacial score (nSPS) is 14.4. The molecule has 1 unspecified atom stereocenters. The number of benzene rings is 5. The third-order valence-corrected chi connectivity index (χ3v) is 7.73. The molecule has 0 radical (unpaired) electrons. The summed E-state index contributed by atoms with van der Waals surface area (Å²) in [6.07, 6.45) is 7.97. The molecule has 0 saturated carbocycles. The molecule has 0 heterocycles. The molecule has 0 saturated heterocycles. The maximum atomic E-state index is 2.45. The van der Waals surface area contributed by atoms with E-state index in [9.17, 15) is 0 Å². The number of allylic oxidation sites excluding steroid dienone is 2. The lowest BCUT2D eigenvalue weighted by Crippen LogP contribution is -2.30. The molecule has 0 amide bonds. The Hall–Kier alpha value is -4.82. The zero-order valence-corrected chi connectivity index (χ0v) is 23.8. The summed E-state index contributed by atoms with van der Waals surface area (Å²) in [4.78, 5) is 4.84. The van der Waals surface area contributed by atoms with Crippen molar-refractivity contribution in [2.45, 2.75) is 32.9 Å². The second-order valence-electron chi connectivity index (χ2n) is 10.8. The van der Waals surface area contributed by atoms with Gasteiger partial charge < -0.3 is 9.80 Å². The van der Waals surface area contributed by atoms with Crippen LogP contribution in [0.3, 0.4) is 0 Å². The standard InChI is InChI=1S/C39H36N2/c1-30-11-9-13-32(27-30)29-40(35-14-5-3-6-15-35)36-23-19-33(20-24-36)34-21-25-38(26-22-34)41(37-16-7-4-8-17-37)39-18-10-12-31(2)28-39/h3-25,27-28,38H,26,29H2,1-2H3. The van der Waals surface area contributed by atoms with Crippen LogP contribution in [0, 0.1) is 13.8 Å². The lowest BCUT2D eigenvalue weighted by Gasteiger charge is -2.33. The summed E-state index contributed by atoms with van der Waals surface area (Å²) in [6.45, 7) is 5.13. The molecule has 2 nitrogen and oxygen atoms in total. The molecule has 1 aliphatic carbocycles. The van der Waals surface area contributed by atoms with Gasteiger partial charge >= 0.3 is 0 Å². The summed E-state index contributed by atoms with van der Waals surface area (Å²) in [5, 5.41) is 0. The van der Waals surface area contributed by atoms with Gasteiger partial charge in [-0.3, -0.25) is 0 Å². The maximum Gasteiger partial charge on any atom is 0.0560 e. The number of nitrogens with zero attached hydrogens (tertiary/aromatic N) is 2. The minimum Gasteiger partial charge on any atom is -0.337 e. The van der Waals surface area contributed by atoms with Crippen molar-refractivity contribution < 1.29 is 0 Å². The Morgan fingerprint density at radius 2 is 1.20 bits per heavy atom. The molecule has 0 aromatic heterocycles. The lowest BCUT2D eigenvalue weighted by molar-refractivity contribution is 0.787. The van der Waals surface area contributed by atoms with Crippen molar-refractivity contribution in [3.8, 4) is 0 Å². The zero-order chi connectivity index (χ0) is 28.0. The molecule has 0 fully saturated rings. The first-order valence-electron chi connectivity index (χ1n) is 14.4. The van der Waals surface area contributed by atoms with Crippen molar-refractivity contribution in [3.05, 3.63) is 174 Å². The summed E-state index contributed by atoms with van der Waals surface area (Å²) in [7, 11) is 0. The van der Waals surface area contributed by atoms with Crippen LogP contribution in [-0.4, -0.2) is 6.04 Å². The van der Waals surface area contributed by atoms with E-state index in [0.717, 1.165) is 13.0 Å². The number of hydrogen-bond donors (Lipinski definition) is 0. The van der Waals surface area contributed by atoms with Crippen LogP contribution >= 0.6 is 0 Å². The lowest BCUT2D eigenvalue weighted by atomic mass is 9.95. The van der Waals surface area contributed by atoms with Gasteiger partial charge in [-0.2, -0.15) is 0 Å². The van der Waals surface area contributed by atoms with E-state index in [0.29, 0.717) is 0 Å². The third kappa shape index (κ3) is 6.18. The van der Waals surface area contributed by atoms with Crippen molar-refractivity contribution in [2.24, 2.45) is 0 Å². The minimum absolute atomic E-state index is 0.255. The van der Waals surface area contributed by atoms with Crippen LogP contribution < -0.4 is 9.80 Å². The van der Waals surface area contributed by atoms with Gasteiger partial charge in [-0.1, -0.05) is 109 Å². The first-order chi connectivity index (χ1) is 20.1. The molecule has 1 aliphatic rings. The molecule has 6 rings (SSSR count). The van der Waals surface area contributed by atoms with Crippen LogP contribution in [0.5, 0.6) is 0 Å². The van der Waals surface area contributed by atoms with Crippen molar-refractivity contribution in [3.63, 3.8) is 0 Å². The van der Waals surface area contributed by atoms with E-state index < -0.39 is 0 Å². The Bertz CT molecular complexity index is 1650. The van der Waals surface area contributed by atoms with Gasteiger partial charge in [0.25, 0.3) is 0 Å². The van der Waals surface area contributed by atoms with Gasteiger partial charge in [0, 0.05) is 29.3 Å². The Balaban J connectivity index is 1.24. The number of hydrogen-bond acceptors (Lipinski definition) is 2. The van der Waals surface area contributed by atoms with Gasteiger partial charge in [0.2, 0.25) is 0 Å². The molecule has 5 aromatic rings. The van der Waals surface area contributed by atoms with E-state index in [1.165, 1.54) is 50.6 Å². The van der Waals surface area contributed by atoms with E-state index in [-0.39, 0.29) is 6.04 Å².